The normalized spacial score (nSPS) is 8.78. The molecule has 2 N–H and O–H groups in total. The van der Waals surface area contributed by atoms with Crippen LogP contribution in [0.5, 0.6) is 0 Å². The highest BCUT2D eigenvalue weighted by Gasteiger charge is 2.09. The lowest BCUT2D eigenvalue weighted by atomic mass is 10.1. The third kappa shape index (κ3) is 2.11. The zero-order chi connectivity index (χ0) is 7.44. The van der Waals surface area contributed by atoms with E-state index in [1.807, 2.05) is 0 Å². The molecule has 0 aromatic rings. The fraction of sp³-hybridized carbons (Fsp3) is 0.500. The van der Waals surface area contributed by atoms with Crippen LogP contribution in [-0.4, -0.2) is 11.8 Å². The van der Waals surface area contributed by atoms with Gasteiger partial charge in [0.05, 0.1) is 0 Å². The maximum Gasteiger partial charge on any atom is 0.256 e. The number of hydrogen-bond acceptors (Lipinski definition) is 2. The van der Waals surface area contributed by atoms with Crippen LogP contribution in [-0.2, 0) is 9.59 Å². The molecule has 9 heavy (non-hydrogen) atoms. The first kappa shape index (κ1) is 7.92. The van der Waals surface area contributed by atoms with Gasteiger partial charge in [-0.3, -0.25) is 4.79 Å². The van der Waals surface area contributed by atoms with Gasteiger partial charge in [0.15, 0.2) is 0 Å². The molecule has 3 heteroatoms. The molecule has 0 atom stereocenters. The Bertz CT molecular complexity index is 166. The molecular formula is C6H9NO2. The molecule has 0 saturated carbocycles. The summed E-state index contributed by atoms with van der Waals surface area (Å²) < 4.78 is 0. The Kier molecular flexibility index (Phi) is 2.68. The number of primary amides is 1. The maximum atomic E-state index is 10.3. The van der Waals surface area contributed by atoms with Gasteiger partial charge in [-0.05, 0) is 5.92 Å². The van der Waals surface area contributed by atoms with Crippen LogP contribution in [0.1, 0.15) is 13.8 Å². The highest BCUT2D eigenvalue weighted by molar-refractivity contribution is 5.99. The third-order valence-electron chi connectivity index (χ3n) is 0.953. The molecule has 0 aromatic carbocycles. The summed E-state index contributed by atoms with van der Waals surface area (Å²) in [5.74, 6) is 0.687. The van der Waals surface area contributed by atoms with Gasteiger partial charge in [-0.1, -0.05) is 13.8 Å². The molecule has 0 saturated heterocycles. The summed E-state index contributed by atoms with van der Waals surface area (Å²) in [6, 6.07) is 0. The predicted molar refractivity (Wildman–Crippen MR) is 33.2 cm³/mol. The number of amides is 1. The Morgan fingerprint density at radius 1 is 1.56 bits per heavy atom. The molecule has 0 radical (unpaired) electrons. The van der Waals surface area contributed by atoms with Crippen LogP contribution in [0.15, 0.2) is 5.57 Å². The average Bonchev–Trinajstić information content (AvgIpc) is 1.64. The van der Waals surface area contributed by atoms with Crippen molar-refractivity contribution in [3.63, 3.8) is 0 Å². The molecule has 0 aliphatic carbocycles. The van der Waals surface area contributed by atoms with Gasteiger partial charge < -0.3 is 5.73 Å². The van der Waals surface area contributed by atoms with Crippen molar-refractivity contribution in [3.8, 4) is 0 Å². The van der Waals surface area contributed by atoms with Crippen molar-refractivity contribution in [1.29, 1.82) is 0 Å². The van der Waals surface area contributed by atoms with Crippen molar-refractivity contribution >= 4 is 11.8 Å². The molecule has 0 unspecified atom stereocenters. The minimum Gasteiger partial charge on any atom is -0.365 e. The summed E-state index contributed by atoms with van der Waals surface area (Å²) in [4.78, 5) is 20.2. The van der Waals surface area contributed by atoms with Crippen LogP contribution in [0, 0.1) is 5.92 Å². The number of nitrogens with two attached hydrogens (primary N) is 1. The van der Waals surface area contributed by atoms with E-state index in [9.17, 15) is 9.59 Å². The van der Waals surface area contributed by atoms with Gasteiger partial charge in [0.2, 0.25) is 0 Å². The van der Waals surface area contributed by atoms with E-state index in [0.29, 0.717) is 0 Å². The highest BCUT2D eigenvalue weighted by Crippen LogP contribution is 2.02. The molecule has 0 heterocycles. The second-order valence-corrected chi connectivity index (χ2v) is 2.03. The first-order chi connectivity index (χ1) is 4.09. The van der Waals surface area contributed by atoms with E-state index >= 15 is 0 Å². The van der Waals surface area contributed by atoms with E-state index in [0.717, 1.165) is 0 Å². The second kappa shape index (κ2) is 3.05. The fourth-order valence-electron chi connectivity index (χ4n) is 0.453. The summed E-state index contributed by atoms with van der Waals surface area (Å²) >= 11 is 0. The van der Waals surface area contributed by atoms with Gasteiger partial charge in [-0.2, -0.15) is 0 Å². The van der Waals surface area contributed by atoms with Gasteiger partial charge in [0.1, 0.15) is 11.5 Å². The van der Waals surface area contributed by atoms with Gasteiger partial charge >= 0.3 is 0 Å². The SMILES string of the molecule is CC(C)C(=C=O)C(N)=O. The Morgan fingerprint density at radius 3 is 2.00 bits per heavy atom. The molecule has 50 valence electrons. The largest absolute Gasteiger partial charge is 0.365 e. The smallest absolute Gasteiger partial charge is 0.256 e. The number of carbonyl (C=O) groups excluding carboxylic acids is 2. The van der Waals surface area contributed by atoms with Crippen LogP contribution < -0.4 is 5.73 Å². The number of hydrogen-bond donors (Lipinski definition) is 1. The molecule has 0 aromatic heterocycles. The van der Waals surface area contributed by atoms with Gasteiger partial charge in [0.25, 0.3) is 5.91 Å². The minimum absolute atomic E-state index is 0.0231. The Morgan fingerprint density at radius 2 is 2.00 bits per heavy atom. The lowest BCUT2D eigenvalue weighted by Gasteiger charge is -1.98. The molecular weight excluding hydrogens is 118 g/mol. The first-order valence-corrected chi connectivity index (χ1v) is 2.64. The molecule has 3 nitrogen and oxygen atoms in total. The van der Waals surface area contributed by atoms with Crippen molar-refractivity contribution in [2.45, 2.75) is 13.8 Å². The second-order valence-electron chi connectivity index (χ2n) is 2.03. The molecule has 0 bridgehead atoms. The molecule has 0 fully saturated rings. The summed E-state index contributed by atoms with van der Waals surface area (Å²) in [5.41, 5.74) is 4.83. The lowest BCUT2D eigenvalue weighted by molar-refractivity contribution is -0.114. The Balaban J connectivity index is 4.38. The van der Waals surface area contributed by atoms with Crippen LogP contribution >= 0.6 is 0 Å². The van der Waals surface area contributed by atoms with Crippen molar-refractivity contribution in [1.82, 2.24) is 0 Å². The molecule has 0 rings (SSSR count). The monoisotopic (exact) mass is 127 g/mol. The predicted octanol–water partition coefficient (Wildman–Crippen LogP) is -0.114. The van der Waals surface area contributed by atoms with Gasteiger partial charge in [-0.15, -0.1) is 0 Å². The average molecular weight is 127 g/mol. The summed E-state index contributed by atoms with van der Waals surface area (Å²) in [6.07, 6.45) is 0. The minimum atomic E-state index is -0.681. The lowest BCUT2D eigenvalue weighted by Crippen LogP contribution is -2.18. The zero-order valence-corrected chi connectivity index (χ0v) is 5.47. The van der Waals surface area contributed by atoms with Crippen molar-refractivity contribution in [2.24, 2.45) is 11.7 Å². The summed E-state index contributed by atoms with van der Waals surface area (Å²) in [6.45, 7) is 3.43. The van der Waals surface area contributed by atoms with Gasteiger partial charge in [-0.25, -0.2) is 4.79 Å². The van der Waals surface area contributed by atoms with E-state index in [2.05, 4.69) is 0 Å². The number of rotatable bonds is 2. The van der Waals surface area contributed by atoms with E-state index in [-0.39, 0.29) is 11.5 Å². The number of carbonyl (C=O) groups is 1. The van der Waals surface area contributed by atoms with Crippen molar-refractivity contribution in [2.75, 3.05) is 0 Å². The highest BCUT2D eigenvalue weighted by atomic mass is 16.1. The topological polar surface area (TPSA) is 60.2 Å². The van der Waals surface area contributed by atoms with Crippen LogP contribution in [0.2, 0.25) is 0 Å². The molecule has 0 aliphatic heterocycles. The van der Waals surface area contributed by atoms with Crippen molar-refractivity contribution in [3.05, 3.63) is 5.57 Å². The molecule has 0 aliphatic rings. The first-order valence-electron chi connectivity index (χ1n) is 2.64. The summed E-state index contributed by atoms with van der Waals surface area (Å²) in [7, 11) is 0. The molecule has 0 spiro atoms. The van der Waals surface area contributed by atoms with E-state index in [1.54, 1.807) is 13.8 Å². The quantitative estimate of drug-likeness (QED) is 0.415. The van der Waals surface area contributed by atoms with Gasteiger partial charge in [0, 0.05) is 0 Å². The van der Waals surface area contributed by atoms with Crippen LogP contribution in [0.3, 0.4) is 0 Å². The maximum absolute atomic E-state index is 10.3. The standard InChI is InChI=1S/C6H9NO2/c1-4(2)5(3-8)6(7)9/h4H,1-2H3,(H2,7,9). The van der Waals surface area contributed by atoms with E-state index in [1.165, 1.54) is 5.94 Å². The van der Waals surface area contributed by atoms with Crippen LogP contribution in [0.25, 0.3) is 0 Å². The third-order valence-corrected chi connectivity index (χ3v) is 0.953. The van der Waals surface area contributed by atoms with Crippen LogP contribution in [0.4, 0.5) is 0 Å². The Labute approximate surface area is 53.5 Å². The molecule has 1 amide bonds. The fourth-order valence-corrected chi connectivity index (χ4v) is 0.453. The zero-order valence-electron chi connectivity index (χ0n) is 5.47. The summed E-state index contributed by atoms with van der Waals surface area (Å²) in [5, 5.41) is 0. The van der Waals surface area contributed by atoms with E-state index in [4.69, 9.17) is 5.73 Å². The van der Waals surface area contributed by atoms with E-state index < -0.39 is 5.91 Å². The van der Waals surface area contributed by atoms with Crippen molar-refractivity contribution < 1.29 is 9.59 Å². The Hall–Kier alpha value is -1.08.